The maximum atomic E-state index is 13.1. The lowest BCUT2D eigenvalue weighted by Gasteiger charge is -2.43. The van der Waals surface area contributed by atoms with Crippen molar-refractivity contribution in [2.45, 2.75) is 50.8 Å². The summed E-state index contributed by atoms with van der Waals surface area (Å²) in [6.07, 6.45) is 8.08. The number of rotatable bonds is 5. The van der Waals surface area contributed by atoms with Crippen LogP contribution in [0.2, 0.25) is 0 Å². The molecule has 6 rings (SSSR count). The number of anilines is 1. The Morgan fingerprint density at radius 3 is 2.61 bits per heavy atom. The first-order valence-corrected chi connectivity index (χ1v) is 14.2. The van der Waals surface area contributed by atoms with Gasteiger partial charge in [0.15, 0.2) is 0 Å². The molecule has 0 radical (unpaired) electrons. The van der Waals surface area contributed by atoms with Gasteiger partial charge in [0.2, 0.25) is 5.95 Å². The predicted molar refractivity (Wildman–Crippen MR) is 149 cm³/mol. The zero-order valence-electron chi connectivity index (χ0n) is 21.9. The van der Waals surface area contributed by atoms with Gasteiger partial charge in [0.1, 0.15) is 10.5 Å². The highest BCUT2D eigenvalue weighted by molar-refractivity contribution is 7.90. The maximum absolute atomic E-state index is 13.1. The number of hydrogen-bond acceptors (Lipinski definition) is 8. The van der Waals surface area contributed by atoms with E-state index in [-0.39, 0.29) is 16.2 Å². The molecule has 8 nitrogen and oxygen atoms in total. The lowest BCUT2D eigenvalue weighted by molar-refractivity contribution is 0.175. The molecule has 1 N–H and O–H groups in total. The van der Waals surface area contributed by atoms with Crippen molar-refractivity contribution in [1.82, 2.24) is 24.9 Å². The number of pyridine rings is 1. The summed E-state index contributed by atoms with van der Waals surface area (Å²) in [5, 5.41) is 10.7. The summed E-state index contributed by atoms with van der Waals surface area (Å²) in [5.41, 5.74) is 2.65. The molecule has 1 aliphatic heterocycles. The standard InChI is InChI=1S/C29H32N6O2S/c1-28(2,3)38(36)34-26-23-9-5-4-7-20(23)17-29(26)12-15-35(16-13-29)27-31-19-25(32-33-27)37-24-10-6-8-21-18-30-14-11-22(21)24/h4-11,14,18-19,26,34H,12-13,15-17H2,1-3H3/t26-,38?/m1/s1. The summed E-state index contributed by atoms with van der Waals surface area (Å²) in [6, 6.07) is 16.4. The topological polar surface area (TPSA) is 99.1 Å². The number of hydrogen-bond donors (Lipinski definition) is 1. The summed E-state index contributed by atoms with van der Waals surface area (Å²) < 4.78 is 22.3. The lowest BCUT2D eigenvalue weighted by atomic mass is 9.73. The van der Waals surface area contributed by atoms with Crippen LogP contribution in [0.1, 0.15) is 50.8 Å². The molecule has 38 heavy (non-hydrogen) atoms. The number of nitrogens with one attached hydrogen (secondary N) is 1. The van der Waals surface area contributed by atoms with Crippen molar-refractivity contribution in [2.24, 2.45) is 5.41 Å². The van der Waals surface area contributed by atoms with E-state index in [0.717, 1.165) is 43.1 Å². The van der Waals surface area contributed by atoms with Gasteiger partial charge in [-0.05, 0) is 63.3 Å². The molecular formula is C29H32N6O2S. The Hall–Kier alpha value is -3.27. The number of aromatic nitrogens is 4. The first-order valence-electron chi connectivity index (χ1n) is 13.0. The fourth-order valence-corrected chi connectivity index (χ4v) is 6.57. The quantitative estimate of drug-likeness (QED) is 0.355. The molecule has 2 aromatic carbocycles. The van der Waals surface area contributed by atoms with Crippen molar-refractivity contribution in [1.29, 1.82) is 0 Å². The Labute approximate surface area is 226 Å². The molecule has 2 aliphatic rings. The van der Waals surface area contributed by atoms with Crippen molar-refractivity contribution < 1.29 is 9.29 Å². The monoisotopic (exact) mass is 528 g/mol. The molecule has 2 aromatic heterocycles. The molecule has 196 valence electrons. The van der Waals surface area contributed by atoms with E-state index in [0.29, 0.717) is 17.6 Å². The van der Waals surface area contributed by atoms with Gasteiger partial charge in [0.05, 0.1) is 12.2 Å². The first-order chi connectivity index (χ1) is 18.3. The summed E-state index contributed by atoms with van der Waals surface area (Å²) in [7, 11) is 0. The highest BCUT2D eigenvalue weighted by atomic mass is 32.2. The molecule has 4 aromatic rings. The van der Waals surface area contributed by atoms with Crippen molar-refractivity contribution in [3.63, 3.8) is 0 Å². The van der Waals surface area contributed by atoms with Crippen LogP contribution in [0.25, 0.3) is 10.8 Å². The highest BCUT2D eigenvalue weighted by Gasteiger charge is 2.50. The van der Waals surface area contributed by atoms with Gasteiger partial charge in [-0.3, -0.25) is 4.98 Å². The fraction of sp³-hybridized carbons (Fsp3) is 0.379. The highest BCUT2D eigenvalue weighted by Crippen LogP contribution is 2.52. The van der Waals surface area contributed by atoms with Crippen molar-refractivity contribution in [3.05, 3.63) is 78.2 Å². The summed E-state index contributed by atoms with van der Waals surface area (Å²) in [5.74, 6) is 1.65. The predicted octanol–water partition coefficient (Wildman–Crippen LogP) is 5.15. The molecule has 3 heterocycles. The van der Waals surface area contributed by atoms with E-state index >= 15 is 0 Å². The number of piperidine rings is 1. The molecule has 0 bridgehead atoms. The maximum Gasteiger partial charge on any atom is 0.257 e. The molecule has 0 saturated carbocycles. The van der Waals surface area contributed by atoms with Crippen LogP contribution in [0, 0.1) is 5.41 Å². The minimum Gasteiger partial charge on any atom is -0.598 e. The van der Waals surface area contributed by atoms with Crippen LogP contribution in [-0.4, -0.2) is 42.6 Å². The summed E-state index contributed by atoms with van der Waals surface area (Å²) >= 11 is -1.15. The Bertz CT molecular complexity index is 1430. The normalized spacial score (nSPS) is 19.5. The van der Waals surface area contributed by atoms with Gasteiger partial charge in [-0.2, -0.15) is 0 Å². The second-order valence-electron chi connectivity index (χ2n) is 11.2. The molecule has 1 unspecified atom stereocenters. The number of fused-ring (bicyclic) bond motifs is 2. The average molecular weight is 529 g/mol. The zero-order chi connectivity index (χ0) is 26.3. The SMILES string of the molecule is CC(C)(C)[S+]([O-])N[C@@H]1c2ccccc2CC12CCN(c1ncc(Oc3cccc4cnccc34)nn1)CC2. The molecule has 1 aliphatic carbocycles. The minimum absolute atomic E-state index is 0.0147. The summed E-state index contributed by atoms with van der Waals surface area (Å²) in [6.45, 7) is 7.67. The number of benzene rings is 2. The molecular weight excluding hydrogens is 496 g/mol. The van der Waals surface area contributed by atoms with Crippen LogP contribution in [0.5, 0.6) is 11.6 Å². The van der Waals surface area contributed by atoms with Crippen LogP contribution in [0.4, 0.5) is 5.95 Å². The molecule has 9 heteroatoms. The molecule has 1 fully saturated rings. The van der Waals surface area contributed by atoms with Crippen LogP contribution in [0.15, 0.2) is 67.1 Å². The van der Waals surface area contributed by atoms with Gasteiger partial charge in [-0.15, -0.1) is 14.9 Å². The van der Waals surface area contributed by atoms with Crippen LogP contribution < -0.4 is 14.4 Å². The van der Waals surface area contributed by atoms with Crippen molar-refractivity contribution in [2.75, 3.05) is 18.0 Å². The van der Waals surface area contributed by atoms with Crippen LogP contribution in [-0.2, 0) is 17.8 Å². The third-order valence-corrected chi connectivity index (χ3v) is 9.29. The van der Waals surface area contributed by atoms with Gasteiger partial charge in [0.25, 0.3) is 5.88 Å². The van der Waals surface area contributed by atoms with Gasteiger partial charge in [-0.25, -0.2) is 4.98 Å². The van der Waals surface area contributed by atoms with Crippen molar-refractivity contribution in [3.8, 4) is 11.6 Å². The van der Waals surface area contributed by atoms with Gasteiger partial charge >= 0.3 is 0 Å². The van der Waals surface area contributed by atoms with Crippen LogP contribution >= 0.6 is 0 Å². The number of ether oxygens (including phenoxy) is 1. The Balaban J connectivity index is 1.16. The van der Waals surface area contributed by atoms with E-state index < -0.39 is 11.4 Å². The number of nitrogens with zero attached hydrogens (tertiary/aromatic N) is 5. The van der Waals surface area contributed by atoms with E-state index in [1.807, 2.05) is 51.2 Å². The van der Waals surface area contributed by atoms with E-state index in [1.165, 1.54) is 11.1 Å². The molecule has 2 atom stereocenters. The van der Waals surface area contributed by atoms with E-state index in [4.69, 9.17) is 4.74 Å². The molecule has 0 amide bonds. The molecule has 1 saturated heterocycles. The average Bonchev–Trinajstić information content (AvgIpc) is 3.21. The Morgan fingerprint density at radius 1 is 1.03 bits per heavy atom. The van der Waals surface area contributed by atoms with Crippen molar-refractivity contribution >= 4 is 28.1 Å². The first kappa shape index (κ1) is 25.0. The van der Waals surface area contributed by atoms with Gasteiger partial charge in [0, 0.05) is 53.0 Å². The third-order valence-electron chi connectivity index (χ3n) is 7.73. The second kappa shape index (κ2) is 9.80. The largest absolute Gasteiger partial charge is 0.598 e. The van der Waals surface area contributed by atoms with E-state index in [9.17, 15) is 4.55 Å². The van der Waals surface area contributed by atoms with E-state index in [1.54, 1.807) is 12.4 Å². The van der Waals surface area contributed by atoms with Gasteiger partial charge in [-0.1, -0.05) is 36.4 Å². The smallest absolute Gasteiger partial charge is 0.257 e. The third kappa shape index (κ3) is 4.70. The molecule has 1 spiro atoms. The summed E-state index contributed by atoms with van der Waals surface area (Å²) in [4.78, 5) is 10.9. The second-order valence-corrected chi connectivity index (χ2v) is 13.2. The lowest BCUT2D eigenvalue weighted by Crippen LogP contribution is -2.50. The van der Waals surface area contributed by atoms with Crippen LogP contribution in [0.3, 0.4) is 0 Å². The fourth-order valence-electron chi connectivity index (χ4n) is 5.62. The zero-order valence-corrected chi connectivity index (χ0v) is 22.7. The van der Waals surface area contributed by atoms with E-state index in [2.05, 4.69) is 54.1 Å². The Kier molecular flexibility index (Phi) is 6.45. The Morgan fingerprint density at radius 2 is 1.84 bits per heavy atom. The minimum atomic E-state index is -1.15. The van der Waals surface area contributed by atoms with Gasteiger partial charge < -0.3 is 14.2 Å².